The number of hydrogen-bond acceptors (Lipinski definition) is 3. The van der Waals surface area contributed by atoms with Gasteiger partial charge in [0.2, 0.25) is 0 Å². The van der Waals surface area contributed by atoms with E-state index in [2.05, 4.69) is 70.3 Å². The van der Waals surface area contributed by atoms with Gasteiger partial charge in [-0.2, -0.15) is 0 Å². The summed E-state index contributed by atoms with van der Waals surface area (Å²) in [6, 6.07) is 7.50. The Morgan fingerprint density at radius 1 is 1.30 bits per heavy atom. The van der Waals surface area contributed by atoms with Crippen molar-refractivity contribution in [1.29, 1.82) is 0 Å². The smallest absolute Gasteiger partial charge is 0.0377 e. The number of rotatable bonds is 5. The third-order valence-electron chi connectivity index (χ3n) is 4.16. The standard InChI is InChI=1S/C16H26BrN3/c1-4-18-12-13-5-6-15(11-16(13)17)20-9-7-14(8-10-20)19(2)3/h5-6,11,14,18H,4,7-10,12H2,1-3H3. The van der Waals surface area contributed by atoms with Crippen molar-refractivity contribution in [1.82, 2.24) is 10.2 Å². The lowest BCUT2D eigenvalue weighted by Gasteiger charge is -2.36. The van der Waals surface area contributed by atoms with Crippen molar-refractivity contribution in [2.75, 3.05) is 38.6 Å². The second-order valence-corrected chi connectivity index (χ2v) is 6.59. The van der Waals surface area contributed by atoms with Crippen LogP contribution in [0.4, 0.5) is 5.69 Å². The second kappa shape index (κ2) is 7.43. The first-order chi connectivity index (χ1) is 9.61. The summed E-state index contributed by atoms with van der Waals surface area (Å²) < 4.78 is 1.21. The fraction of sp³-hybridized carbons (Fsp3) is 0.625. The molecule has 2 rings (SSSR count). The van der Waals surface area contributed by atoms with Crippen molar-refractivity contribution in [3.05, 3.63) is 28.2 Å². The van der Waals surface area contributed by atoms with Crippen molar-refractivity contribution >= 4 is 21.6 Å². The summed E-state index contributed by atoms with van der Waals surface area (Å²) in [5.74, 6) is 0. The molecule has 0 aromatic heterocycles. The molecule has 0 radical (unpaired) electrons. The minimum atomic E-state index is 0.739. The second-order valence-electron chi connectivity index (χ2n) is 5.74. The third-order valence-corrected chi connectivity index (χ3v) is 4.90. The molecule has 20 heavy (non-hydrogen) atoms. The van der Waals surface area contributed by atoms with Crippen molar-refractivity contribution in [3.8, 4) is 0 Å². The van der Waals surface area contributed by atoms with Gasteiger partial charge in [0, 0.05) is 35.8 Å². The number of piperidine rings is 1. The molecule has 1 fully saturated rings. The third kappa shape index (κ3) is 3.96. The molecule has 1 saturated heterocycles. The molecule has 0 atom stereocenters. The van der Waals surface area contributed by atoms with Gasteiger partial charge >= 0.3 is 0 Å². The van der Waals surface area contributed by atoms with Gasteiger partial charge in [-0.25, -0.2) is 0 Å². The molecule has 1 heterocycles. The summed E-state index contributed by atoms with van der Waals surface area (Å²) in [4.78, 5) is 4.86. The molecule has 1 aromatic rings. The monoisotopic (exact) mass is 339 g/mol. The zero-order chi connectivity index (χ0) is 14.5. The number of nitrogens with zero attached hydrogens (tertiary/aromatic N) is 2. The molecule has 1 aliphatic rings. The van der Waals surface area contributed by atoms with E-state index in [0.29, 0.717) is 0 Å². The lowest BCUT2D eigenvalue weighted by Crippen LogP contribution is -2.42. The fourth-order valence-corrected chi connectivity index (χ4v) is 3.28. The van der Waals surface area contributed by atoms with E-state index in [4.69, 9.17) is 0 Å². The van der Waals surface area contributed by atoms with E-state index in [1.54, 1.807) is 0 Å². The quantitative estimate of drug-likeness (QED) is 0.889. The predicted octanol–water partition coefficient (Wildman–Crippen LogP) is 3.09. The van der Waals surface area contributed by atoms with Crippen LogP contribution in [0.25, 0.3) is 0 Å². The Bertz CT molecular complexity index is 426. The molecule has 3 nitrogen and oxygen atoms in total. The van der Waals surface area contributed by atoms with Crippen LogP contribution in [0.2, 0.25) is 0 Å². The Hall–Kier alpha value is -0.580. The van der Waals surface area contributed by atoms with Crippen molar-refractivity contribution in [3.63, 3.8) is 0 Å². The maximum absolute atomic E-state index is 3.70. The van der Waals surface area contributed by atoms with Crippen LogP contribution >= 0.6 is 15.9 Å². The Morgan fingerprint density at radius 3 is 2.55 bits per heavy atom. The van der Waals surface area contributed by atoms with Crippen LogP contribution in [0, 0.1) is 0 Å². The lowest BCUT2D eigenvalue weighted by molar-refractivity contribution is 0.249. The highest BCUT2D eigenvalue weighted by Crippen LogP contribution is 2.27. The molecule has 0 spiro atoms. The van der Waals surface area contributed by atoms with E-state index >= 15 is 0 Å². The average molecular weight is 340 g/mol. The summed E-state index contributed by atoms with van der Waals surface area (Å²) in [7, 11) is 4.37. The number of benzene rings is 1. The molecule has 0 amide bonds. The van der Waals surface area contributed by atoms with E-state index < -0.39 is 0 Å². The van der Waals surface area contributed by atoms with Crippen LogP contribution in [-0.2, 0) is 6.54 Å². The highest BCUT2D eigenvalue weighted by Gasteiger charge is 2.20. The highest BCUT2D eigenvalue weighted by molar-refractivity contribution is 9.10. The Labute approximate surface area is 131 Å². The van der Waals surface area contributed by atoms with Gasteiger partial charge in [-0.3, -0.25) is 0 Å². The SMILES string of the molecule is CCNCc1ccc(N2CCC(N(C)C)CC2)cc1Br. The average Bonchev–Trinajstić information content (AvgIpc) is 2.46. The summed E-state index contributed by atoms with van der Waals surface area (Å²) in [5.41, 5.74) is 2.67. The van der Waals surface area contributed by atoms with E-state index in [9.17, 15) is 0 Å². The van der Waals surface area contributed by atoms with Gasteiger partial charge in [0.1, 0.15) is 0 Å². The first-order valence-corrected chi connectivity index (χ1v) is 8.31. The van der Waals surface area contributed by atoms with Crippen molar-refractivity contribution < 1.29 is 0 Å². The van der Waals surface area contributed by atoms with E-state index in [1.807, 2.05) is 0 Å². The molecule has 1 aromatic carbocycles. The maximum Gasteiger partial charge on any atom is 0.0377 e. The van der Waals surface area contributed by atoms with Crippen molar-refractivity contribution in [2.45, 2.75) is 32.4 Å². The molecule has 0 bridgehead atoms. The molecule has 1 aliphatic heterocycles. The number of nitrogens with one attached hydrogen (secondary N) is 1. The largest absolute Gasteiger partial charge is 0.371 e. The number of halogens is 1. The Kier molecular flexibility index (Phi) is 5.87. The van der Waals surface area contributed by atoms with Crippen LogP contribution in [0.1, 0.15) is 25.3 Å². The minimum Gasteiger partial charge on any atom is -0.371 e. The molecule has 0 aliphatic carbocycles. The summed E-state index contributed by atoms with van der Waals surface area (Å²) >= 11 is 3.70. The Morgan fingerprint density at radius 2 is 2.00 bits per heavy atom. The van der Waals surface area contributed by atoms with Crippen LogP contribution < -0.4 is 10.2 Å². The van der Waals surface area contributed by atoms with Crippen LogP contribution in [0.3, 0.4) is 0 Å². The number of anilines is 1. The molecule has 1 N–H and O–H groups in total. The van der Waals surface area contributed by atoms with Gasteiger partial charge in [-0.05, 0) is 51.2 Å². The van der Waals surface area contributed by atoms with E-state index in [0.717, 1.165) is 32.2 Å². The molecular weight excluding hydrogens is 314 g/mol. The van der Waals surface area contributed by atoms with Crippen LogP contribution in [0.5, 0.6) is 0 Å². The molecule has 0 saturated carbocycles. The van der Waals surface area contributed by atoms with Gasteiger partial charge in [0.05, 0.1) is 0 Å². The first-order valence-electron chi connectivity index (χ1n) is 7.52. The normalized spacial score (nSPS) is 16.9. The van der Waals surface area contributed by atoms with Gasteiger partial charge in [0.25, 0.3) is 0 Å². The highest BCUT2D eigenvalue weighted by atomic mass is 79.9. The van der Waals surface area contributed by atoms with Crippen LogP contribution in [-0.4, -0.2) is 44.7 Å². The molecular formula is C16H26BrN3. The maximum atomic E-state index is 3.70. The van der Waals surface area contributed by atoms with E-state index in [-0.39, 0.29) is 0 Å². The van der Waals surface area contributed by atoms with Gasteiger partial charge in [-0.15, -0.1) is 0 Å². The van der Waals surface area contributed by atoms with Gasteiger partial charge < -0.3 is 15.1 Å². The number of hydrogen-bond donors (Lipinski definition) is 1. The van der Waals surface area contributed by atoms with Crippen molar-refractivity contribution in [2.24, 2.45) is 0 Å². The Balaban J connectivity index is 1.98. The predicted molar refractivity (Wildman–Crippen MR) is 90.4 cm³/mol. The fourth-order valence-electron chi connectivity index (χ4n) is 2.78. The van der Waals surface area contributed by atoms with Gasteiger partial charge in [-0.1, -0.05) is 28.9 Å². The van der Waals surface area contributed by atoms with Crippen LogP contribution in [0.15, 0.2) is 22.7 Å². The molecule has 112 valence electrons. The zero-order valence-corrected chi connectivity index (χ0v) is 14.4. The first kappa shape index (κ1) is 15.8. The summed E-state index contributed by atoms with van der Waals surface area (Å²) in [6.45, 7) is 6.38. The topological polar surface area (TPSA) is 18.5 Å². The molecule has 4 heteroatoms. The van der Waals surface area contributed by atoms with E-state index in [1.165, 1.54) is 28.6 Å². The molecule has 0 unspecified atom stereocenters. The van der Waals surface area contributed by atoms with Gasteiger partial charge in [0.15, 0.2) is 0 Å². The zero-order valence-electron chi connectivity index (χ0n) is 12.8. The summed E-state index contributed by atoms with van der Waals surface area (Å²) in [5, 5.41) is 3.37. The summed E-state index contributed by atoms with van der Waals surface area (Å²) in [6.07, 6.45) is 2.51. The lowest BCUT2D eigenvalue weighted by atomic mass is 10.0. The minimum absolute atomic E-state index is 0.739.